The molecule has 0 N–H and O–H groups in total. The summed E-state index contributed by atoms with van der Waals surface area (Å²) in [6.07, 6.45) is 2.71. The minimum atomic E-state index is -0.292. The van der Waals surface area contributed by atoms with Crippen molar-refractivity contribution >= 4 is 44.5 Å². The number of benzene rings is 1. The minimum absolute atomic E-state index is 0.169. The van der Waals surface area contributed by atoms with Crippen LogP contribution in [0.25, 0.3) is 16.2 Å². The average Bonchev–Trinajstić information content (AvgIpc) is 3.12. The fourth-order valence-corrected chi connectivity index (χ4v) is 4.11. The number of halogens is 1. The first-order valence-electron chi connectivity index (χ1n) is 8.11. The molecule has 0 bridgehead atoms. The molecular formula is C18H17BrN2O4S. The number of carbonyl (C=O) groups is 2. The van der Waals surface area contributed by atoms with E-state index in [-0.39, 0.29) is 12.4 Å². The van der Waals surface area contributed by atoms with Gasteiger partial charge in [-0.2, -0.15) is 0 Å². The highest BCUT2D eigenvalue weighted by Crippen LogP contribution is 2.34. The largest absolute Gasteiger partial charge is 0.494 e. The first-order chi connectivity index (χ1) is 12.6. The van der Waals surface area contributed by atoms with E-state index >= 15 is 0 Å². The zero-order chi connectivity index (χ0) is 18.7. The van der Waals surface area contributed by atoms with Gasteiger partial charge in [-0.1, -0.05) is 0 Å². The molecule has 0 aliphatic carbocycles. The average molecular weight is 437 g/mol. The van der Waals surface area contributed by atoms with Crippen LogP contribution in [0.2, 0.25) is 0 Å². The molecule has 0 saturated heterocycles. The van der Waals surface area contributed by atoms with Crippen LogP contribution in [0.4, 0.5) is 0 Å². The van der Waals surface area contributed by atoms with Gasteiger partial charge in [0, 0.05) is 21.1 Å². The van der Waals surface area contributed by atoms with Gasteiger partial charge in [0.25, 0.3) is 0 Å². The van der Waals surface area contributed by atoms with Gasteiger partial charge in [0.2, 0.25) is 0 Å². The summed E-state index contributed by atoms with van der Waals surface area (Å²) >= 11 is 4.89. The van der Waals surface area contributed by atoms with Crippen LogP contribution in [0, 0.1) is 0 Å². The second-order valence-electron chi connectivity index (χ2n) is 5.37. The first kappa shape index (κ1) is 18.6. The fourth-order valence-electron chi connectivity index (χ4n) is 2.60. The first-order valence-corrected chi connectivity index (χ1v) is 9.72. The third-order valence-corrected chi connectivity index (χ3v) is 5.29. The SMILES string of the molecule is CCOC(=O)Cc1cn2c(C=O)c(-c3ccc(OCC)cc3Br)nc2s1. The molecule has 2 heterocycles. The van der Waals surface area contributed by atoms with Crippen molar-refractivity contribution in [2.75, 3.05) is 13.2 Å². The summed E-state index contributed by atoms with van der Waals surface area (Å²) in [5.41, 5.74) is 1.83. The van der Waals surface area contributed by atoms with Gasteiger partial charge in [-0.05, 0) is 48.0 Å². The zero-order valence-electron chi connectivity index (χ0n) is 14.3. The van der Waals surface area contributed by atoms with E-state index in [4.69, 9.17) is 9.47 Å². The molecule has 0 amide bonds. The normalized spacial score (nSPS) is 10.9. The van der Waals surface area contributed by atoms with E-state index in [1.54, 1.807) is 17.5 Å². The Morgan fingerprint density at radius 3 is 2.81 bits per heavy atom. The van der Waals surface area contributed by atoms with Crippen molar-refractivity contribution in [2.24, 2.45) is 0 Å². The molecule has 26 heavy (non-hydrogen) atoms. The lowest BCUT2D eigenvalue weighted by molar-refractivity contribution is -0.142. The maximum absolute atomic E-state index is 11.7. The van der Waals surface area contributed by atoms with Gasteiger partial charge in [-0.3, -0.25) is 14.0 Å². The molecule has 3 rings (SSSR count). The number of aldehydes is 1. The maximum Gasteiger partial charge on any atom is 0.311 e. The van der Waals surface area contributed by atoms with Crippen LogP contribution in [0.5, 0.6) is 5.75 Å². The molecule has 0 spiro atoms. The van der Waals surface area contributed by atoms with Crippen LogP contribution in [-0.2, 0) is 16.0 Å². The Morgan fingerprint density at radius 2 is 2.15 bits per heavy atom. The number of hydrogen-bond acceptors (Lipinski definition) is 6. The molecule has 0 atom stereocenters. The Bertz CT molecular complexity index is 964. The van der Waals surface area contributed by atoms with E-state index in [0.717, 1.165) is 26.9 Å². The summed E-state index contributed by atoms with van der Waals surface area (Å²) < 4.78 is 13.0. The topological polar surface area (TPSA) is 69.9 Å². The number of carbonyl (C=O) groups excluding carboxylic acids is 2. The number of esters is 1. The van der Waals surface area contributed by atoms with Crippen molar-refractivity contribution in [1.29, 1.82) is 0 Å². The Labute approximate surface area is 162 Å². The minimum Gasteiger partial charge on any atom is -0.494 e. The quantitative estimate of drug-likeness (QED) is 0.411. The molecule has 0 aliphatic heterocycles. The molecule has 0 saturated carbocycles. The summed E-state index contributed by atoms with van der Waals surface area (Å²) in [6.45, 7) is 4.61. The molecular weight excluding hydrogens is 420 g/mol. The number of nitrogens with zero attached hydrogens (tertiary/aromatic N) is 2. The molecule has 8 heteroatoms. The van der Waals surface area contributed by atoms with E-state index in [1.807, 2.05) is 25.1 Å². The van der Waals surface area contributed by atoms with Crippen LogP contribution in [0.1, 0.15) is 29.2 Å². The van der Waals surface area contributed by atoms with Crippen molar-refractivity contribution in [3.63, 3.8) is 0 Å². The standard InChI is InChI=1S/C18H17BrN2O4S/c1-3-24-11-5-6-13(14(19)7-11)17-15(10-22)21-9-12(26-18(21)20-17)8-16(23)25-4-2/h5-7,9-10H,3-4,8H2,1-2H3. The predicted molar refractivity (Wildman–Crippen MR) is 103 cm³/mol. The van der Waals surface area contributed by atoms with Crippen LogP contribution < -0.4 is 4.74 Å². The molecule has 2 aromatic heterocycles. The van der Waals surface area contributed by atoms with Crippen molar-refractivity contribution < 1.29 is 19.1 Å². The van der Waals surface area contributed by atoms with E-state index in [1.165, 1.54) is 11.3 Å². The molecule has 0 fully saturated rings. The summed E-state index contributed by atoms with van der Waals surface area (Å²) in [5.74, 6) is 0.452. The highest BCUT2D eigenvalue weighted by molar-refractivity contribution is 9.10. The number of ether oxygens (including phenoxy) is 2. The second kappa shape index (κ2) is 8.01. The number of fused-ring (bicyclic) bond motifs is 1. The number of thiazole rings is 1. The van der Waals surface area contributed by atoms with E-state index in [9.17, 15) is 9.59 Å². The molecule has 3 aromatic rings. The van der Waals surface area contributed by atoms with Gasteiger partial charge in [-0.25, -0.2) is 4.98 Å². The lowest BCUT2D eigenvalue weighted by Crippen LogP contribution is -2.06. The Balaban J connectivity index is 1.98. The second-order valence-corrected chi connectivity index (χ2v) is 7.32. The van der Waals surface area contributed by atoms with Crippen molar-refractivity contribution in [3.05, 3.63) is 39.4 Å². The number of hydrogen-bond donors (Lipinski definition) is 0. The summed E-state index contributed by atoms with van der Waals surface area (Å²) in [6, 6.07) is 5.57. The van der Waals surface area contributed by atoms with E-state index in [0.29, 0.717) is 29.6 Å². The van der Waals surface area contributed by atoms with Gasteiger partial charge in [0.05, 0.1) is 19.6 Å². The Morgan fingerprint density at radius 1 is 1.35 bits per heavy atom. The molecule has 0 radical (unpaired) electrons. The van der Waals surface area contributed by atoms with E-state index < -0.39 is 0 Å². The van der Waals surface area contributed by atoms with Crippen LogP contribution in [0.3, 0.4) is 0 Å². The number of aromatic nitrogens is 2. The number of rotatable bonds is 7. The smallest absolute Gasteiger partial charge is 0.311 e. The van der Waals surface area contributed by atoms with Crippen molar-refractivity contribution in [1.82, 2.24) is 9.38 Å². The highest BCUT2D eigenvalue weighted by atomic mass is 79.9. The lowest BCUT2D eigenvalue weighted by atomic mass is 10.1. The van der Waals surface area contributed by atoms with Gasteiger partial charge in [0.1, 0.15) is 17.1 Å². The highest BCUT2D eigenvalue weighted by Gasteiger charge is 2.19. The molecule has 0 aliphatic rings. The maximum atomic E-state index is 11.7. The third kappa shape index (κ3) is 3.66. The van der Waals surface area contributed by atoms with Gasteiger partial charge in [-0.15, -0.1) is 11.3 Å². The lowest BCUT2D eigenvalue weighted by Gasteiger charge is -2.07. The monoisotopic (exact) mass is 436 g/mol. The Hall–Kier alpha value is -2.19. The van der Waals surface area contributed by atoms with Gasteiger partial charge < -0.3 is 9.47 Å². The molecule has 136 valence electrons. The Kier molecular flexibility index (Phi) is 5.73. The summed E-state index contributed by atoms with van der Waals surface area (Å²) in [5, 5.41) is 0. The van der Waals surface area contributed by atoms with E-state index in [2.05, 4.69) is 20.9 Å². The summed E-state index contributed by atoms with van der Waals surface area (Å²) in [7, 11) is 0. The fraction of sp³-hybridized carbons (Fsp3) is 0.278. The van der Waals surface area contributed by atoms with Gasteiger partial charge in [0.15, 0.2) is 11.2 Å². The van der Waals surface area contributed by atoms with Crippen molar-refractivity contribution in [2.45, 2.75) is 20.3 Å². The molecule has 6 nitrogen and oxygen atoms in total. The zero-order valence-corrected chi connectivity index (χ0v) is 16.7. The molecule has 1 aromatic carbocycles. The van der Waals surface area contributed by atoms with Gasteiger partial charge >= 0.3 is 5.97 Å². The van der Waals surface area contributed by atoms with Crippen molar-refractivity contribution in [3.8, 4) is 17.0 Å². The molecule has 0 unspecified atom stereocenters. The predicted octanol–water partition coefficient (Wildman–Crippen LogP) is 4.14. The van der Waals surface area contributed by atoms with Crippen LogP contribution >= 0.6 is 27.3 Å². The summed E-state index contributed by atoms with van der Waals surface area (Å²) in [4.78, 5) is 29.4. The van der Waals surface area contributed by atoms with Crippen LogP contribution in [0.15, 0.2) is 28.9 Å². The number of imidazole rings is 1. The van der Waals surface area contributed by atoms with Crippen LogP contribution in [-0.4, -0.2) is 34.9 Å². The third-order valence-electron chi connectivity index (χ3n) is 3.65.